The first-order chi connectivity index (χ1) is 6.63. The van der Waals surface area contributed by atoms with E-state index >= 15 is 0 Å². The number of hydrogen-bond donors (Lipinski definition) is 0. The third-order valence-corrected chi connectivity index (χ3v) is 4.46. The molecule has 0 saturated heterocycles. The Labute approximate surface area is 97.0 Å². The summed E-state index contributed by atoms with van der Waals surface area (Å²) in [5.74, 6) is 0.616. The van der Waals surface area contributed by atoms with Crippen LogP contribution in [0.5, 0.6) is 0 Å². The van der Waals surface area contributed by atoms with Crippen LogP contribution in [0.1, 0.15) is 25.3 Å². The maximum absolute atomic E-state index is 3.96. The molecule has 0 heterocycles. The Balaban J connectivity index is 2.73. The number of hydrogen-bond acceptors (Lipinski definition) is 0. The lowest BCUT2D eigenvalue weighted by Crippen LogP contribution is -3.60. The van der Waals surface area contributed by atoms with Gasteiger partial charge in [-0.15, -0.1) is 0 Å². The lowest BCUT2D eigenvalue weighted by molar-refractivity contribution is -0.571. The first-order valence-electron chi connectivity index (χ1n) is 4.69. The van der Waals surface area contributed by atoms with Crippen molar-refractivity contribution in [2.45, 2.75) is 19.8 Å². The SMILES string of the molecule is C=CC(=C)[I+]c1ccc(C(C)C)cc1. The first kappa shape index (κ1) is 11.5. The van der Waals surface area contributed by atoms with Crippen LogP contribution in [-0.4, -0.2) is 0 Å². The molecule has 0 aromatic heterocycles. The van der Waals surface area contributed by atoms with Gasteiger partial charge in [0.2, 0.25) is 0 Å². The molecule has 74 valence electrons. The first-order valence-corrected chi connectivity index (χ1v) is 6.85. The van der Waals surface area contributed by atoms with Gasteiger partial charge in [0.25, 0.3) is 0 Å². The molecule has 1 rings (SSSR count). The van der Waals surface area contributed by atoms with Crippen molar-refractivity contribution in [3.63, 3.8) is 0 Å². The zero-order chi connectivity index (χ0) is 10.6. The predicted octanol–water partition coefficient (Wildman–Crippen LogP) is 0.768. The van der Waals surface area contributed by atoms with Crippen LogP contribution < -0.4 is 21.2 Å². The van der Waals surface area contributed by atoms with Crippen molar-refractivity contribution < 1.29 is 21.2 Å². The van der Waals surface area contributed by atoms with Crippen LogP contribution in [0.4, 0.5) is 0 Å². The molecule has 0 fully saturated rings. The maximum Gasteiger partial charge on any atom is 0.357 e. The molecule has 0 radical (unpaired) electrons. The molecule has 0 nitrogen and oxygen atoms in total. The Hall–Kier alpha value is -0.570. The van der Waals surface area contributed by atoms with Crippen LogP contribution in [-0.2, 0) is 0 Å². The van der Waals surface area contributed by atoms with Crippen LogP contribution in [0.15, 0.2) is 47.1 Å². The fourth-order valence-electron chi connectivity index (χ4n) is 1.09. The molecule has 0 bridgehead atoms. The molecule has 1 aromatic carbocycles. The second kappa shape index (κ2) is 5.35. The summed E-state index contributed by atoms with van der Waals surface area (Å²) in [4.78, 5) is 0. The van der Waals surface area contributed by atoms with Crippen molar-refractivity contribution in [1.29, 1.82) is 0 Å². The van der Waals surface area contributed by atoms with Gasteiger partial charge in [0, 0.05) is 0 Å². The lowest BCUT2D eigenvalue weighted by atomic mass is 10.0. The smallest absolute Gasteiger partial charge is 0.0946 e. The highest BCUT2D eigenvalue weighted by Gasteiger charge is 2.13. The van der Waals surface area contributed by atoms with Gasteiger partial charge in [-0.2, -0.15) is 0 Å². The summed E-state index contributed by atoms with van der Waals surface area (Å²) in [5, 5.41) is 0. The van der Waals surface area contributed by atoms with Gasteiger partial charge in [0.1, 0.15) is 0 Å². The molecule has 1 aromatic rings. The maximum atomic E-state index is 3.96. The van der Waals surface area contributed by atoms with Crippen molar-refractivity contribution >= 4 is 0 Å². The quantitative estimate of drug-likeness (QED) is 0.569. The van der Waals surface area contributed by atoms with Gasteiger partial charge in [-0.05, 0) is 36.3 Å². The lowest BCUT2D eigenvalue weighted by Gasteiger charge is -2.02. The minimum Gasteiger partial charge on any atom is -0.0946 e. The largest absolute Gasteiger partial charge is 0.357 e. The summed E-state index contributed by atoms with van der Waals surface area (Å²) in [6.45, 7) is 12.1. The summed E-state index contributed by atoms with van der Waals surface area (Å²) in [7, 11) is 0. The van der Waals surface area contributed by atoms with Crippen LogP contribution in [0.2, 0.25) is 0 Å². The van der Waals surface area contributed by atoms with Gasteiger partial charge >= 0.3 is 21.2 Å². The predicted molar refractivity (Wildman–Crippen MR) is 58.6 cm³/mol. The second-order valence-electron chi connectivity index (χ2n) is 3.45. The van der Waals surface area contributed by atoms with E-state index in [-0.39, 0.29) is 21.2 Å². The molecule has 0 saturated carbocycles. The molecule has 0 aliphatic rings. The third-order valence-electron chi connectivity index (χ3n) is 1.99. The van der Waals surface area contributed by atoms with E-state index in [2.05, 4.69) is 51.3 Å². The average molecular weight is 299 g/mol. The Morgan fingerprint density at radius 2 is 1.86 bits per heavy atom. The number of allylic oxidation sites excluding steroid dienone is 2. The van der Waals surface area contributed by atoms with Crippen molar-refractivity contribution in [3.05, 3.63) is 56.2 Å². The van der Waals surface area contributed by atoms with Gasteiger partial charge < -0.3 is 0 Å². The minimum absolute atomic E-state index is 0.0812. The van der Waals surface area contributed by atoms with Gasteiger partial charge in [0.15, 0.2) is 7.15 Å². The zero-order valence-corrected chi connectivity index (χ0v) is 10.9. The molecule has 0 atom stereocenters. The Bertz CT molecular complexity index is 320. The Morgan fingerprint density at radius 1 is 1.29 bits per heavy atom. The van der Waals surface area contributed by atoms with Crippen LogP contribution in [0.3, 0.4) is 0 Å². The Morgan fingerprint density at radius 3 is 2.29 bits per heavy atom. The second-order valence-corrected chi connectivity index (χ2v) is 6.62. The van der Waals surface area contributed by atoms with Gasteiger partial charge in [-0.25, -0.2) is 0 Å². The monoisotopic (exact) mass is 299 g/mol. The molecule has 14 heavy (non-hydrogen) atoms. The van der Waals surface area contributed by atoms with E-state index in [9.17, 15) is 0 Å². The highest BCUT2D eigenvalue weighted by Crippen LogP contribution is 2.11. The van der Waals surface area contributed by atoms with Crippen LogP contribution >= 0.6 is 0 Å². The summed E-state index contributed by atoms with van der Waals surface area (Å²) in [5.41, 5.74) is 1.40. The summed E-state index contributed by atoms with van der Waals surface area (Å²) in [6.07, 6.45) is 1.86. The Kier molecular flexibility index (Phi) is 4.39. The topological polar surface area (TPSA) is 0 Å². The number of benzene rings is 1. The molecule has 1 heteroatoms. The fourth-order valence-corrected chi connectivity index (χ4v) is 2.83. The molecule has 0 aliphatic carbocycles. The van der Waals surface area contributed by atoms with E-state index in [0.717, 1.165) is 0 Å². The van der Waals surface area contributed by atoms with E-state index in [1.165, 1.54) is 12.7 Å². The van der Waals surface area contributed by atoms with Crippen LogP contribution in [0, 0.1) is 3.57 Å². The number of halogens is 1. The van der Waals surface area contributed by atoms with Crippen molar-refractivity contribution in [1.82, 2.24) is 0 Å². The van der Waals surface area contributed by atoms with Crippen molar-refractivity contribution in [3.8, 4) is 0 Å². The highest BCUT2D eigenvalue weighted by molar-refractivity contribution is 5.18. The summed E-state index contributed by atoms with van der Waals surface area (Å²) >= 11 is -0.0812. The van der Waals surface area contributed by atoms with Gasteiger partial charge in [0.05, 0.1) is 0 Å². The van der Waals surface area contributed by atoms with Crippen LogP contribution in [0.25, 0.3) is 0 Å². The molecule has 0 spiro atoms. The minimum atomic E-state index is -0.0812. The fraction of sp³-hybridized carbons (Fsp3) is 0.231. The molecular formula is C13H16I+. The van der Waals surface area contributed by atoms with E-state index in [1.807, 2.05) is 6.08 Å². The molecule has 0 unspecified atom stereocenters. The van der Waals surface area contributed by atoms with E-state index in [4.69, 9.17) is 0 Å². The van der Waals surface area contributed by atoms with Gasteiger partial charge in [-0.1, -0.05) is 32.6 Å². The van der Waals surface area contributed by atoms with Crippen molar-refractivity contribution in [2.24, 2.45) is 0 Å². The van der Waals surface area contributed by atoms with E-state index in [1.54, 1.807) is 0 Å². The summed E-state index contributed by atoms with van der Waals surface area (Å²) in [6, 6.07) is 8.88. The zero-order valence-electron chi connectivity index (χ0n) is 8.76. The average Bonchev–Trinajstić information content (AvgIpc) is 2.18. The molecule has 0 N–H and O–H groups in total. The summed E-state index contributed by atoms with van der Waals surface area (Å²) < 4.78 is 2.60. The highest BCUT2D eigenvalue weighted by atomic mass is 127. The van der Waals surface area contributed by atoms with E-state index in [0.29, 0.717) is 5.92 Å². The standard InChI is InChI=1S/C13H16I/c1-5-11(4)14-13-8-6-12(7-9-13)10(2)3/h5-10H,1,4H2,2-3H3/q+1. The van der Waals surface area contributed by atoms with Crippen molar-refractivity contribution in [2.75, 3.05) is 0 Å². The molecule has 0 aliphatic heterocycles. The van der Waals surface area contributed by atoms with Gasteiger partial charge in [-0.3, -0.25) is 0 Å². The molecule has 0 amide bonds. The third kappa shape index (κ3) is 3.29. The molecular weight excluding hydrogens is 283 g/mol. The van der Waals surface area contributed by atoms with E-state index < -0.39 is 0 Å². The normalized spacial score (nSPS) is 10.2. The number of rotatable bonds is 4.